The van der Waals surface area contributed by atoms with Crippen LogP contribution >= 0.6 is 0 Å². The summed E-state index contributed by atoms with van der Waals surface area (Å²) in [5.74, 6) is 1.14. The first-order valence-corrected chi connectivity index (χ1v) is 7.56. The SMILES string of the molecule is CCc1cc(CNC(C)C)cc(N(C)C2CCC2)n1. The van der Waals surface area contributed by atoms with Gasteiger partial charge >= 0.3 is 0 Å². The van der Waals surface area contributed by atoms with Crippen molar-refractivity contribution in [1.82, 2.24) is 10.3 Å². The van der Waals surface area contributed by atoms with Gasteiger partial charge in [-0.05, 0) is 43.4 Å². The van der Waals surface area contributed by atoms with E-state index in [9.17, 15) is 0 Å². The fourth-order valence-electron chi connectivity index (χ4n) is 2.38. The van der Waals surface area contributed by atoms with Crippen molar-refractivity contribution in [2.45, 2.75) is 65.1 Å². The molecule has 0 atom stereocenters. The Bertz CT molecular complexity index is 410. The van der Waals surface area contributed by atoms with Crippen LogP contribution in [0.4, 0.5) is 5.82 Å². The molecule has 1 saturated carbocycles. The van der Waals surface area contributed by atoms with Gasteiger partial charge in [0.05, 0.1) is 0 Å². The van der Waals surface area contributed by atoms with E-state index in [-0.39, 0.29) is 0 Å². The molecule has 0 bridgehead atoms. The minimum absolute atomic E-state index is 0.519. The van der Waals surface area contributed by atoms with Crippen LogP contribution in [0.2, 0.25) is 0 Å². The predicted octanol–water partition coefficient (Wildman–Crippen LogP) is 3.13. The molecule has 106 valence electrons. The van der Waals surface area contributed by atoms with Crippen molar-refractivity contribution < 1.29 is 0 Å². The van der Waals surface area contributed by atoms with E-state index in [1.165, 1.54) is 30.5 Å². The fraction of sp³-hybridized carbons (Fsp3) is 0.688. The lowest BCUT2D eigenvalue weighted by Gasteiger charge is -2.36. The predicted molar refractivity (Wildman–Crippen MR) is 81.6 cm³/mol. The molecule has 0 amide bonds. The topological polar surface area (TPSA) is 28.2 Å². The zero-order valence-electron chi connectivity index (χ0n) is 12.7. The molecule has 0 aromatic carbocycles. The third kappa shape index (κ3) is 3.69. The largest absolute Gasteiger partial charge is 0.357 e. The van der Waals surface area contributed by atoms with Gasteiger partial charge in [0.25, 0.3) is 0 Å². The number of aryl methyl sites for hydroxylation is 1. The molecule has 1 fully saturated rings. The Balaban J connectivity index is 2.14. The second-order valence-electron chi connectivity index (χ2n) is 5.91. The summed E-state index contributed by atoms with van der Waals surface area (Å²) in [5, 5.41) is 3.49. The maximum absolute atomic E-state index is 4.78. The number of hydrogen-bond donors (Lipinski definition) is 1. The van der Waals surface area contributed by atoms with E-state index in [0.29, 0.717) is 12.1 Å². The molecule has 1 aromatic rings. The van der Waals surface area contributed by atoms with Crippen LogP contribution in [0.3, 0.4) is 0 Å². The number of aromatic nitrogens is 1. The molecule has 3 nitrogen and oxygen atoms in total. The molecule has 2 rings (SSSR count). The minimum atomic E-state index is 0.519. The van der Waals surface area contributed by atoms with Crippen LogP contribution in [-0.2, 0) is 13.0 Å². The summed E-state index contributed by atoms with van der Waals surface area (Å²) < 4.78 is 0. The van der Waals surface area contributed by atoms with Crippen LogP contribution in [0.1, 0.15) is 51.3 Å². The van der Waals surface area contributed by atoms with Gasteiger partial charge in [-0.2, -0.15) is 0 Å². The first-order chi connectivity index (χ1) is 9.10. The summed E-state index contributed by atoms with van der Waals surface area (Å²) in [4.78, 5) is 7.14. The molecule has 1 aliphatic rings. The van der Waals surface area contributed by atoms with Gasteiger partial charge in [0.15, 0.2) is 0 Å². The van der Waals surface area contributed by atoms with Crippen LogP contribution in [0.5, 0.6) is 0 Å². The van der Waals surface area contributed by atoms with Gasteiger partial charge in [-0.1, -0.05) is 20.8 Å². The van der Waals surface area contributed by atoms with Gasteiger partial charge in [-0.3, -0.25) is 0 Å². The molecule has 1 aliphatic carbocycles. The standard InChI is InChI=1S/C16H27N3/c1-5-14-9-13(11-17-12(2)3)10-16(18-14)19(4)15-7-6-8-15/h9-10,12,15,17H,5-8,11H2,1-4H3. The summed E-state index contributed by atoms with van der Waals surface area (Å²) in [6, 6.07) is 5.69. The lowest BCUT2D eigenvalue weighted by Crippen LogP contribution is -2.37. The third-order valence-corrected chi connectivity index (χ3v) is 3.99. The monoisotopic (exact) mass is 261 g/mol. The molecule has 19 heavy (non-hydrogen) atoms. The van der Waals surface area contributed by atoms with Crippen molar-refractivity contribution in [3.63, 3.8) is 0 Å². The summed E-state index contributed by atoms with van der Waals surface area (Å²) in [6.45, 7) is 7.47. The molecule has 3 heteroatoms. The van der Waals surface area contributed by atoms with Gasteiger partial charge in [0, 0.05) is 31.4 Å². The normalized spacial score (nSPS) is 15.6. The van der Waals surface area contributed by atoms with Gasteiger partial charge in [0.1, 0.15) is 5.82 Å². The molecule has 1 aromatic heterocycles. The van der Waals surface area contributed by atoms with Crippen molar-refractivity contribution in [2.75, 3.05) is 11.9 Å². The molecule has 0 aliphatic heterocycles. The summed E-state index contributed by atoms with van der Waals surface area (Å²) in [5.41, 5.74) is 2.55. The van der Waals surface area contributed by atoms with Crippen molar-refractivity contribution in [3.8, 4) is 0 Å². The van der Waals surface area contributed by atoms with E-state index >= 15 is 0 Å². The number of nitrogens with one attached hydrogen (secondary N) is 1. The Labute approximate surface area is 117 Å². The van der Waals surface area contributed by atoms with E-state index in [2.05, 4.69) is 50.2 Å². The molecule has 0 radical (unpaired) electrons. The Morgan fingerprint density at radius 1 is 1.37 bits per heavy atom. The Hall–Kier alpha value is -1.09. The second kappa shape index (κ2) is 6.38. The zero-order valence-corrected chi connectivity index (χ0v) is 12.7. The Morgan fingerprint density at radius 3 is 2.63 bits per heavy atom. The maximum Gasteiger partial charge on any atom is 0.129 e. The number of hydrogen-bond acceptors (Lipinski definition) is 3. The van der Waals surface area contributed by atoms with Crippen molar-refractivity contribution in [3.05, 3.63) is 23.4 Å². The van der Waals surface area contributed by atoms with Crippen LogP contribution in [0.25, 0.3) is 0 Å². The third-order valence-electron chi connectivity index (χ3n) is 3.99. The first-order valence-electron chi connectivity index (χ1n) is 7.56. The van der Waals surface area contributed by atoms with Crippen LogP contribution in [-0.4, -0.2) is 24.1 Å². The van der Waals surface area contributed by atoms with E-state index in [1.807, 2.05) is 0 Å². The van der Waals surface area contributed by atoms with Gasteiger partial charge in [-0.15, -0.1) is 0 Å². The highest BCUT2D eigenvalue weighted by Gasteiger charge is 2.23. The smallest absolute Gasteiger partial charge is 0.129 e. The van der Waals surface area contributed by atoms with Gasteiger partial charge in [0.2, 0.25) is 0 Å². The molecule has 0 unspecified atom stereocenters. The fourth-order valence-corrected chi connectivity index (χ4v) is 2.38. The molecule has 1 N–H and O–H groups in total. The van der Waals surface area contributed by atoms with E-state index in [1.54, 1.807) is 0 Å². The molecule has 0 saturated heterocycles. The number of rotatable bonds is 6. The second-order valence-corrected chi connectivity index (χ2v) is 5.91. The van der Waals surface area contributed by atoms with Gasteiger partial charge < -0.3 is 10.2 Å². The van der Waals surface area contributed by atoms with Crippen molar-refractivity contribution >= 4 is 5.82 Å². The number of pyridine rings is 1. The van der Waals surface area contributed by atoms with Crippen molar-refractivity contribution in [1.29, 1.82) is 0 Å². The van der Waals surface area contributed by atoms with E-state index in [0.717, 1.165) is 18.8 Å². The molecule has 1 heterocycles. The van der Waals surface area contributed by atoms with Gasteiger partial charge in [-0.25, -0.2) is 4.98 Å². The summed E-state index contributed by atoms with van der Waals surface area (Å²) in [6.07, 6.45) is 4.99. The van der Waals surface area contributed by atoms with E-state index < -0.39 is 0 Å². The highest BCUT2D eigenvalue weighted by molar-refractivity contribution is 5.43. The number of nitrogens with zero attached hydrogens (tertiary/aromatic N) is 2. The highest BCUT2D eigenvalue weighted by Crippen LogP contribution is 2.27. The lowest BCUT2D eigenvalue weighted by molar-refractivity contribution is 0.399. The first kappa shape index (κ1) is 14.3. The zero-order chi connectivity index (χ0) is 13.8. The highest BCUT2D eigenvalue weighted by atomic mass is 15.2. The van der Waals surface area contributed by atoms with Crippen LogP contribution in [0, 0.1) is 0 Å². The Kier molecular flexibility index (Phi) is 4.81. The quantitative estimate of drug-likeness (QED) is 0.852. The summed E-state index contributed by atoms with van der Waals surface area (Å²) in [7, 11) is 2.19. The Morgan fingerprint density at radius 2 is 2.11 bits per heavy atom. The van der Waals surface area contributed by atoms with Crippen LogP contribution < -0.4 is 10.2 Å². The van der Waals surface area contributed by atoms with Crippen molar-refractivity contribution in [2.24, 2.45) is 0 Å². The average molecular weight is 261 g/mol. The molecular weight excluding hydrogens is 234 g/mol. The van der Waals surface area contributed by atoms with E-state index in [4.69, 9.17) is 4.98 Å². The molecule has 0 spiro atoms. The minimum Gasteiger partial charge on any atom is -0.357 e. The average Bonchev–Trinajstić information content (AvgIpc) is 2.33. The summed E-state index contributed by atoms with van der Waals surface area (Å²) >= 11 is 0. The maximum atomic E-state index is 4.78. The number of anilines is 1. The molecular formula is C16H27N3. The van der Waals surface area contributed by atoms with Crippen LogP contribution in [0.15, 0.2) is 12.1 Å². The lowest BCUT2D eigenvalue weighted by atomic mass is 9.92.